The molecule has 1 saturated heterocycles. The number of nitrogens with zero attached hydrogens (tertiary/aromatic N) is 3. The maximum absolute atomic E-state index is 13.8. The molecule has 0 amide bonds. The van der Waals surface area contributed by atoms with E-state index in [1.807, 2.05) is 30.3 Å². The Kier molecular flexibility index (Phi) is 7.47. The number of imidazole rings is 1. The van der Waals surface area contributed by atoms with E-state index in [0.29, 0.717) is 32.5 Å². The first-order valence-electron chi connectivity index (χ1n) is 11.4. The summed E-state index contributed by atoms with van der Waals surface area (Å²) in [6.07, 6.45) is 1.07. The van der Waals surface area contributed by atoms with Crippen LogP contribution in [0.2, 0.25) is 0 Å². The molecule has 4 rings (SSSR count). The van der Waals surface area contributed by atoms with Crippen molar-refractivity contribution in [1.29, 1.82) is 0 Å². The zero-order valence-electron chi connectivity index (χ0n) is 19.1. The highest BCUT2D eigenvalue weighted by Crippen LogP contribution is 2.26. The van der Waals surface area contributed by atoms with Gasteiger partial charge in [0.15, 0.2) is 0 Å². The molecule has 1 fully saturated rings. The van der Waals surface area contributed by atoms with E-state index in [-0.39, 0.29) is 30.6 Å². The van der Waals surface area contributed by atoms with Crippen molar-refractivity contribution in [3.05, 3.63) is 59.9 Å². The van der Waals surface area contributed by atoms with Gasteiger partial charge in [-0.05, 0) is 49.6 Å². The van der Waals surface area contributed by atoms with Crippen LogP contribution < -0.4 is 9.62 Å². The number of hydrogen-bond acceptors (Lipinski definition) is 6. The zero-order chi connectivity index (χ0) is 24.1. The number of rotatable bonds is 9. The molecule has 0 aliphatic carbocycles. The molecule has 0 unspecified atom stereocenters. The van der Waals surface area contributed by atoms with Crippen LogP contribution in [0.3, 0.4) is 0 Å². The second-order valence-corrected chi connectivity index (χ2v) is 10.2. The number of benzene rings is 2. The lowest BCUT2D eigenvalue weighted by molar-refractivity contribution is -0.142. The van der Waals surface area contributed by atoms with Gasteiger partial charge in [-0.2, -0.15) is 0 Å². The lowest BCUT2D eigenvalue weighted by Gasteiger charge is -2.33. The highest BCUT2D eigenvalue weighted by Gasteiger charge is 2.27. The lowest BCUT2D eigenvalue weighted by atomic mass is 10.1. The number of ether oxygens (including phenoxy) is 1. The summed E-state index contributed by atoms with van der Waals surface area (Å²) in [5, 5.41) is 0. The summed E-state index contributed by atoms with van der Waals surface area (Å²) in [7, 11) is -3.58. The van der Waals surface area contributed by atoms with E-state index in [0.717, 1.165) is 22.5 Å². The van der Waals surface area contributed by atoms with Crippen LogP contribution in [-0.2, 0) is 26.1 Å². The molecular formula is C24H29FN4O4S. The summed E-state index contributed by atoms with van der Waals surface area (Å²) in [5.74, 6) is -0.288. The third-order valence-corrected chi connectivity index (χ3v) is 7.30. The lowest BCUT2D eigenvalue weighted by Crippen LogP contribution is -2.46. The van der Waals surface area contributed by atoms with E-state index in [1.165, 1.54) is 12.1 Å². The van der Waals surface area contributed by atoms with Crippen LogP contribution in [0.15, 0.2) is 48.5 Å². The number of carbonyl (C=O) groups excluding carboxylic acids is 1. The van der Waals surface area contributed by atoms with E-state index in [4.69, 9.17) is 9.72 Å². The molecule has 3 aromatic rings. The van der Waals surface area contributed by atoms with Crippen molar-refractivity contribution in [1.82, 2.24) is 14.3 Å². The molecule has 1 aliphatic heterocycles. The van der Waals surface area contributed by atoms with Crippen LogP contribution in [0.25, 0.3) is 11.0 Å². The number of nitrogens with one attached hydrogen (secondary N) is 1. The minimum absolute atomic E-state index is 0.161. The molecule has 8 nitrogen and oxygen atoms in total. The van der Waals surface area contributed by atoms with Gasteiger partial charge < -0.3 is 14.2 Å². The molecule has 0 saturated carbocycles. The average molecular weight is 489 g/mol. The fourth-order valence-corrected chi connectivity index (χ4v) is 5.54. The standard InChI is InChI=1S/C24H29FN4O4S/c1-2-33-23(30)12-15-34(31,32)27-20-10-13-28(14-11-20)24-26-21-8-3-4-9-22(21)29(24)17-18-6-5-7-19(25)16-18/h3-9,16,20,27H,2,10-15,17H2,1H3. The molecule has 2 heterocycles. The second-order valence-electron chi connectivity index (χ2n) is 8.37. The first kappa shape index (κ1) is 24.2. The topological polar surface area (TPSA) is 93.5 Å². The molecule has 1 N–H and O–H groups in total. The molecule has 34 heavy (non-hydrogen) atoms. The minimum Gasteiger partial charge on any atom is -0.466 e. The van der Waals surface area contributed by atoms with Crippen LogP contribution in [0.5, 0.6) is 0 Å². The highest BCUT2D eigenvalue weighted by molar-refractivity contribution is 7.89. The van der Waals surface area contributed by atoms with Gasteiger partial charge in [-0.3, -0.25) is 4.79 Å². The van der Waals surface area contributed by atoms with Crippen molar-refractivity contribution in [3.8, 4) is 0 Å². The number of fused-ring (bicyclic) bond motifs is 1. The third-order valence-electron chi connectivity index (χ3n) is 5.87. The molecule has 182 valence electrons. The van der Waals surface area contributed by atoms with Gasteiger partial charge in [-0.1, -0.05) is 24.3 Å². The summed E-state index contributed by atoms with van der Waals surface area (Å²) < 4.78 is 48.1. The van der Waals surface area contributed by atoms with Gasteiger partial charge in [-0.15, -0.1) is 0 Å². The zero-order valence-corrected chi connectivity index (χ0v) is 19.9. The Balaban J connectivity index is 1.44. The van der Waals surface area contributed by atoms with Crippen LogP contribution in [0.1, 0.15) is 31.7 Å². The van der Waals surface area contributed by atoms with E-state index in [9.17, 15) is 17.6 Å². The van der Waals surface area contributed by atoms with Crippen LogP contribution in [-0.4, -0.2) is 55.4 Å². The number of piperidine rings is 1. The number of esters is 1. The number of sulfonamides is 1. The Hall–Kier alpha value is -2.98. The van der Waals surface area contributed by atoms with Gasteiger partial charge in [0.1, 0.15) is 5.82 Å². The number of anilines is 1. The van der Waals surface area contributed by atoms with Crippen LogP contribution >= 0.6 is 0 Å². The molecule has 0 bridgehead atoms. The Morgan fingerprint density at radius 1 is 1.18 bits per heavy atom. The molecule has 1 aliphatic rings. The number of aromatic nitrogens is 2. The van der Waals surface area contributed by atoms with E-state index in [2.05, 4.69) is 14.2 Å². The first-order chi connectivity index (χ1) is 16.3. The Morgan fingerprint density at radius 2 is 1.94 bits per heavy atom. The average Bonchev–Trinajstić information content (AvgIpc) is 3.17. The summed E-state index contributed by atoms with van der Waals surface area (Å²) in [4.78, 5) is 18.5. The van der Waals surface area contributed by atoms with Crippen LogP contribution in [0.4, 0.5) is 10.3 Å². The van der Waals surface area contributed by atoms with Gasteiger partial charge in [-0.25, -0.2) is 22.5 Å². The van der Waals surface area contributed by atoms with Gasteiger partial charge in [0, 0.05) is 19.1 Å². The Morgan fingerprint density at radius 3 is 2.68 bits per heavy atom. The summed E-state index contributed by atoms with van der Waals surface area (Å²) in [6.45, 7) is 3.64. The van der Waals surface area contributed by atoms with Crippen molar-refractivity contribution in [2.45, 2.75) is 38.8 Å². The Labute approximate surface area is 198 Å². The summed E-state index contributed by atoms with van der Waals surface area (Å²) >= 11 is 0. The largest absolute Gasteiger partial charge is 0.466 e. The minimum atomic E-state index is -3.58. The molecule has 10 heteroatoms. The maximum atomic E-state index is 13.8. The van der Waals surface area contributed by atoms with Gasteiger partial charge >= 0.3 is 5.97 Å². The smallest absolute Gasteiger partial charge is 0.306 e. The summed E-state index contributed by atoms with van der Waals surface area (Å²) in [6, 6.07) is 14.2. The van der Waals surface area contributed by atoms with Gasteiger partial charge in [0.2, 0.25) is 16.0 Å². The van der Waals surface area contributed by atoms with Crippen LogP contribution in [0, 0.1) is 5.82 Å². The second kappa shape index (κ2) is 10.5. The number of hydrogen-bond donors (Lipinski definition) is 1. The van der Waals surface area contributed by atoms with Gasteiger partial charge in [0.25, 0.3) is 0 Å². The van der Waals surface area contributed by atoms with E-state index < -0.39 is 16.0 Å². The highest BCUT2D eigenvalue weighted by atomic mass is 32.2. The fraction of sp³-hybridized carbons (Fsp3) is 0.417. The predicted molar refractivity (Wildman–Crippen MR) is 129 cm³/mol. The molecule has 2 aromatic carbocycles. The van der Waals surface area contributed by atoms with Gasteiger partial charge in [0.05, 0.1) is 36.4 Å². The number of para-hydroxylation sites is 2. The van der Waals surface area contributed by atoms with Crippen molar-refractivity contribution >= 4 is 33.0 Å². The third kappa shape index (κ3) is 5.92. The van der Waals surface area contributed by atoms with Crippen molar-refractivity contribution in [3.63, 3.8) is 0 Å². The molecule has 0 atom stereocenters. The first-order valence-corrected chi connectivity index (χ1v) is 13.1. The Bertz CT molecular complexity index is 1250. The normalized spacial score (nSPS) is 15.1. The molecular weight excluding hydrogens is 459 g/mol. The SMILES string of the molecule is CCOC(=O)CCS(=O)(=O)NC1CCN(c2nc3ccccc3n2Cc2cccc(F)c2)CC1. The molecule has 0 spiro atoms. The summed E-state index contributed by atoms with van der Waals surface area (Å²) in [5.41, 5.74) is 2.66. The maximum Gasteiger partial charge on any atom is 0.306 e. The van der Waals surface area contributed by atoms with E-state index >= 15 is 0 Å². The monoisotopic (exact) mass is 488 g/mol. The van der Waals surface area contributed by atoms with Crippen molar-refractivity contribution < 1.29 is 22.3 Å². The fourth-order valence-electron chi connectivity index (χ4n) is 4.24. The molecule has 0 radical (unpaired) electrons. The number of halogens is 1. The quantitative estimate of drug-likeness (QED) is 0.466. The molecule has 1 aromatic heterocycles. The van der Waals surface area contributed by atoms with Crippen molar-refractivity contribution in [2.75, 3.05) is 30.3 Å². The predicted octanol–water partition coefficient (Wildman–Crippen LogP) is 3.07. The number of carbonyl (C=O) groups is 1. The van der Waals surface area contributed by atoms with E-state index in [1.54, 1.807) is 13.0 Å². The van der Waals surface area contributed by atoms with Crippen molar-refractivity contribution in [2.24, 2.45) is 0 Å².